The molecule has 5 rings (SSSR count). The summed E-state index contributed by atoms with van der Waals surface area (Å²) in [7, 11) is 0. The average molecular weight is 459 g/mol. The predicted molar refractivity (Wildman–Crippen MR) is 127 cm³/mol. The van der Waals surface area contributed by atoms with E-state index < -0.39 is 0 Å². The van der Waals surface area contributed by atoms with Gasteiger partial charge in [0.15, 0.2) is 0 Å². The molecule has 164 valence electrons. The van der Waals surface area contributed by atoms with Gasteiger partial charge in [0.05, 0.1) is 30.2 Å². The number of thiophene rings is 1. The third kappa shape index (κ3) is 4.35. The second-order valence-corrected chi connectivity index (χ2v) is 9.76. The molecule has 0 amide bonds. The number of rotatable bonds is 4. The Balaban J connectivity index is 1.40. The fraction of sp³-hybridized carbons (Fsp3) is 0.500. The third-order valence-corrected chi connectivity index (χ3v) is 7.46. The zero-order valence-electron chi connectivity index (χ0n) is 18.0. The van der Waals surface area contributed by atoms with Gasteiger partial charge in [0, 0.05) is 50.3 Å². The molecule has 31 heavy (non-hydrogen) atoms. The van der Waals surface area contributed by atoms with Crippen molar-refractivity contribution >= 4 is 44.8 Å². The Morgan fingerprint density at radius 2 is 1.74 bits per heavy atom. The first kappa shape index (κ1) is 20.9. The van der Waals surface area contributed by atoms with Crippen LogP contribution in [0.1, 0.15) is 16.3 Å². The predicted octanol–water partition coefficient (Wildman–Crippen LogP) is 3.52. The highest BCUT2D eigenvalue weighted by Crippen LogP contribution is 2.35. The van der Waals surface area contributed by atoms with Crippen LogP contribution < -0.4 is 9.80 Å². The lowest BCUT2D eigenvalue weighted by Crippen LogP contribution is -2.47. The van der Waals surface area contributed by atoms with Crippen LogP contribution in [0.25, 0.3) is 10.2 Å². The molecule has 5 heterocycles. The monoisotopic (exact) mass is 458 g/mol. The summed E-state index contributed by atoms with van der Waals surface area (Å²) in [6, 6.07) is 3.90. The van der Waals surface area contributed by atoms with Gasteiger partial charge in [-0.1, -0.05) is 11.6 Å². The Labute approximate surface area is 191 Å². The number of nitrogens with zero attached hydrogens (tertiary/aromatic N) is 6. The molecule has 0 unspecified atom stereocenters. The molecule has 2 fully saturated rings. The van der Waals surface area contributed by atoms with Gasteiger partial charge in [-0.15, -0.1) is 11.3 Å². The molecule has 7 nitrogen and oxygen atoms in total. The Morgan fingerprint density at radius 3 is 2.45 bits per heavy atom. The molecular weight excluding hydrogens is 432 g/mol. The average Bonchev–Trinajstić information content (AvgIpc) is 3.08. The minimum Gasteiger partial charge on any atom is -0.379 e. The van der Waals surface area contributed by atoms with Crippen molar-refractivity contribution < 1.29 is 4.74 Å². The highest BCUT2D eigenvalue weighted by molar-refractivity contribution is 7.18. The Hall–Kier alpha value is -2.00. The zero-order valence-corrected chi connectivity index (χ0v) is 19.5. The molecule has 0 bridgehead atoms. The quantitative estimate of drug-likeness (QED) is 0.592. The van der Waals surface area contributed by atoms with Crippen molar-refractivity contribution in [2.75, 3.05) is 62.3 Å². The molecule has 0 atom stereocenters. The highest BCUT2D eigenvalue weighted by atomic mass is 35.5. The van der Waals surface area contributed by atoms with Crippen LogP contribution >= 0.6 is 22.9 Å². The van der Waals surface area contributed by atoms with Gasteiger partial charge < -0.3 is 14.5 Å². The van der Waals surface area contributed by atoms with Gasteiger partial charge in [-0.2, -0.15) is 0 Å². The second-order valence-electron chi connectivity index (χ2n) is 8.12. The number of morpholine rings is 1. The van der Waals surface area contributed by atoms with Crippen molar-refractivity contribution in [3.63, 3.8) is 0 Å². The van der Waals surface area contributed by atoms with E-state index in [4.69, 9.17) is 26.3 Å². The topological polar surface area (TPSA) is 57.6 Å². The van der Waals surface area contributed by atoms with E-state index in [2.05, 4.69) is 33.5 Å². The molecule has 9 heteroatoms. The summed E-state index contributed by atoms with van der Waals surface area (Å²) >= 11 is 7.78. The Morgan fingerprint density at radius 1 is 1.00 bits per heavy atom. The van der Waals surface area contributed by atoms with Gasteiger partial charge in [0.2, 0.25) is 0 Å². The zero-order chi connectivity index (χ0) is 21.4. The molecule has 0 saturated carbocycles. The van der Waals surface area contributed by atoms with Gasteiger partial charge in [0.1, 0.15) is 22.3 Å². The van der Waals surface area contributed by atoms with Gasteiger partial charge >= 0.3 is 0 Å². The molecule has 0 aromatic carbocycles. The minimum absolute atomic E-state index is 0.668. The number of pyridine rings is 1. The lowest BCUT2D eigenvalue weighted by molar-refractivity contribution is 0.0331. The van der Waals surface area contributed by atoms with E-state index in [-0.39, 0.29) is 0 Å². The number of hydrogen-bond donors (Lipinski definition) is 0. The van der Waals surface area contributed by atoms with Crippen LogP contribution in [0.15, 0.2) is 18.3 Å². The number of fused-ring (bicyclic) bond motifs is 1. The Kier molecular flexibility index (Phi) is 5.97. The number of aryl methyl sites for hydroxylation is 2. The van der Waals surface area contributed by atoms with Gasteiger partial charge in [0.25, 0.3) is 0 Å². The molecule has 0 spiro atoms. The summed E-state index contributed by atoms with van der Waals surface area (Å²) in [5.41, 5.74) is 1.30. The summed E-state index contributed by atoms with van der Waals surface area (Å²) in [5.74, 6) is 2.97. The molecule has 3 aromatic rings. The van der Waals surface area contributed by atoms with E-state index in [1.807, 2.05) is 12.1 Å². The summed E-state index contributed by atoms with van der Waals surface area (Å²) < 4.78 is 5.49. The highest BCUT2D eigenvalue weighted by Gasteiger charge is 2.24. The summed E-state index contributed by atoms with van der Waals surface area (Å²) in [6.07, 6.45) is 1.71. The smallest absolute Gasteiger partial charge is 0.146 e. The summed E-state index contributed by atoms with van der Waals surface area (Å²) in [5, 5.41) is 1.88. The number of ether oxygens (including phenoxy) is 1. The number of anilines is 2. The third-order valence-electron chi connectivity index (χ3n) is 6.14. The second kappa shape index (κ2) is 8.86. The van der Waals surface area contributed by atoms with E-state index >= 15 is 0 Å². The van der Waals surface area contributed by atoms with Crippen molar-refractivity contribution in [3.8, 4) is 0 Å². The summed E-state index contributed by atoms with van der Waals surface area (Å²) in [4.78, 5) is 24.0. The van der Waals surface area contributed by atoms with Crippen LogP contribution in [-0.2, 0) is 11.3 Å². The first-order valence-corrected chi connectivity index (χ1v) is 12.0. The molecule has 2 saturated heterocycles. The van der Waals surface area contributed by atoms with Gasteiger partial charge in [-0.05, 0) is 31.5 Å². The summed E-state index contributed by atoms with van der Waals surface area (Å²) in [6.45, 7) is 12.2. The maximum absolute atomic E-state index is 6.00. The molecule has 0 N–H and O–H groups in total. The van der Waals surface area contributed by atoms with E-state index in [0.29, 0.717) is 5.02 Å². The maximum atomic E-state index is 6.00. The van der Waals surface area contributed by atoms with E-state index in [1.54, 1.807) is 17.5 Å². The number of hydrogen-bond acceptors (Lipinski definition) is 8. The molecular formula is C22H27ClN6OS. The van der Waals surface area contributed by atoms with Crippen molar-refractivity contribution in [2.45, 2.75) is 20.4 Å². The number of aromatic nitrogens is 3. The van der Waals surface area contributed by atoms with Gasteiger partial charge in [-0.25, -0.2) is 15.0 Å². The lowest BCUT2D eigenvalue weighted by Gasteiger charge is -2.36. The fourth-order valence-electron chi connectivity index (χ4n) is 4.23. The van der Waals surface area contributed by atoms with Crippen LogP contribution in [0.2, 0.25) is 5.02 Å². The fourth-order valence-corrected chi connectivity index (χ4v) is 5.39. The number of piperazine rings is 1. The molecule has 2 aliphatic rings. The van der Waals surface area contributed by atoms with Crippen LogP contribution in [0.4, 0.5) is 11.6 Å². The standard InChI is InChI=1S/C22H27ClN6OS/c1-15-16(2)31-22-20(15)21(25-18(26-22)14-27-9-11-30-12-10-27)29-7-5-28(6-8-29)19-4-3-17(23)13-24-19/h3-4,13H,5-12,14H2,1-2H3. The largest absolute Gasteiger partial charge is 0.379 e. The molecule has 0 aliphatic carbocycles. The first-order valence-electron chi connectivity index (χ1n) is 10.8. The molecule has 0 radical (unpaired) electrons. The maximum Gasteiger partial charge on any atom is 0.146 e. The van der Waals surface area contributed by atoms with Crippen molar-refractivity contribution in [3.05, 3.63) is 39.6 Å². The number of halogens is 1. The van der Waals surface area contributed by atoms with E-state index in [9.17, 15) is 0 Å². The van der Waals surface area contributed by atoms with Crippen LogP contribution in [0.3, 0.4) is 0 Å². The van der Waals surface area contributed by atoms with E-state index in [1.165, 1.54) is 15.8 Å². The van der Waals surface area contributed by atoms with Crippen LogP contribution in [-0.4, -0.2) is 72.3 Å². The normalized spacial score (nSPS) is 18.2. The van der Waals surface area contributed by atoms with Crippen LogP contribution in [0, 0.1) is 13.8 Å². The van der Waals surface area contributed by atoms with Gasteiger partial charge in [-0.3, -0.25) is 4.90 Å². The SMILES string of the molecule is Cc1sc2nc(CN3CCOCC3)nc(N3CCN(c4ccc(Cl)cn4)CC3)c2c1C. The van der Waals surface area contributed by atoms with Crippen molar-refractivity contribution in [1.29, 1.82) is 0 Å². The van der Waals surface area contributed by atoms with E-state index in [0.717, 1.165) is 81.3 Å². The lowest BCUT2D eigenvalue weighted by atomic mass is 10.2. The van der Waals surface area contributed by atoms with Crippen molar-refractivity contribution in [2.24, 2.45) is 0 Å². The van der Waals surface area contributed by atoms with Crippen LogP contribution in [0.5, 0.6) is 0 Å². The Bertz CT molecular complexity index is 1060. The van der Waals surface area contributed by atoms with Crippen molar-refractivity contribution in [1.82, 2.24) is 19.9 Å². The first-order chi connectivity index (χ1) is 15.1. The molecule has 2 aliphatic heterocycles. The minimum atomic E-state index is 0.668. The molecule has 3 aromatic heterocycles.